The number of hydrogen-bond donors (Lipinski definition) is 2. The highest BCUT2D eigenvalue weighted by molar-refractivity contribution is 7.92. The molecule has 0 fully saturated rings. The van der Waals surface area contributed by atoms with Crippen molar-refractivity contribution in [1.82, 2.24) is 15.4 Å². The van der Waals surface area contributed by atoms with Gasteiger partial charge in [-0.1, -0.05) is 17.3 Å². The summed E-state index contributed by atoms with van der Waals surface area (Å²) in [6, 6.07) is 12.0. The molecule has 10 heteroatoms. The highest BCUT2D eigenvalue weighted by atomic mass is 32.2. The van der Waals surface area contributed by atoms with Gasteiger partial charge in [0.05, 0.1) is 11.3 Å². The van der Waals surface area contributed by atoms with E-state index in [4.69, 9.17) is 9.78 Å². The fourth-order valence-electron chi connectivity index (χ4n) is 2.33. The van der Waals surface area contributed by atoms with Crippen LogP contribution in [0.25, 0.3) is 0 Å². The van der Waals surface area contributed by atoms with Gasteiger partial charge in [-0.25, -0.2) is 8.42 Å². The maximum absolute atomic E-state index is 12.4. The van der Waals surface area contributed by atoms with Crippen LogP contribution in [0.5, 0.6) is 0 Å². The van der Waals surface area contributed by atoms with Crippen LogP contribution in [-0.4, -0.2) is 23.8 Å². The van der Waals surface area contributed by atoms with Gasteiger partial charge in [0.25, 0.3) is 10.0 Å². The number of anilines is 3. The predicted molar refractivity (Wildman–Crippen MR) is 93.3 cm³/mol. The van der Waals surface area contributed by atoms with E-state index in [0.29, 0.717) is 17.1 Å². The number of nitrogens with zero attached hydrogens (tertiary/aromatic N) is 4. The van der Waals surface area contributed by atoms with Crippen molar-refractivity contribution in [2.75, 3.05) is 10.0 Å². The fourth-order valence-corrected chi connectivity index (χ4v) is 3.66. The lowest BCUT2D eigenvalue weighted by Crippen LogP contribution is -2.15. The summed E-state index contributed by atoms with van der Waals surface area (Å²) in [4.78, 5) is -0.0237. The summed E-state index contributed by atoms with van der Waals surface area (Å²) in [5.41, 5.74) is 1.29. The lowest BCUT2D eigenvalue weighted by Gasteiger charge is -2.08. The van der Waals surface area contributed by atoms with Crippen LogP contribution in [0.3, 0.4) is 0 Å². The van der Waals surface area contributed by atoms with Crippen molar-refractivity contribution in [3.05, 3.63) is 53.4 Å². The zero-order valence-corrected chi connectivity index (χ0v) is 14.7. The van der Waals surface area contributed by atoms with Crippen LogP contribution < -0.4 is 10.0 Å². The molecule has 0 atom stereocenters. The molecule has 2 heterocycles. The molecule has 0 radical (unpaired) electrons. The minimum Gasteiger partial charge on any atom is -0.360 e. The first-order valence-electron chi connectivity index (χ1n) is 7.46. The number of nitrogens with one attached hydrogen (secondary N) is 2. The molecule has 3 rings (SSSR count). The Bertz CT molecular complexity index is 1060. The van der Waals surface area contributed by atoms with Crippen LogP contribution in [0.1, 0.15) is 17.0 Å². The number of hydrogen-bond acceptors (Lipinski definition) is 8. The number of nitriles is 1. The topological polar surface area (TPSA) is 134 Å². The van der Waals surface area contributed by atoms with Gasteiger partial charge in [0, 0.05) is 0 Å². The van der Waals surface area contributed by atoms with E-state index in [-0.39, 0.29) is 22.2 Å². The van der Waals surface area contributed by atoms with E-state index in [2.05, 4.69) is 31.5 Å². The molecule has 0 aliphatic carbocycles. The Morgan fingerprint density at radius 2 is 1.77 bits per heavy atom. The average molecular weight is 370 g/mol. The van der Waals surface area contributed by atoms with E-state index >= 15 is 0 Å². The van der Waals surface area contributed by atoms with Crippen molar-refractivity contribution >= 4 is 27.3 Å². The van der Waals surface area contributed by atoms with Crippen molar-refractivity contribution in [3.63, 3.8) is 0 Å². The molecule has 0 aliphatic rings. The zero-order valence-electron chi connectivity index (χ0n) is 13.9. The second-order valence-electron chi connectivity index (χ2n) is 5.34. The second kappa shape index (κ2) is 6.81. The smallest absolute Gasteiger partial charge is 0.268 e. The standard InChI is InChI=1S/C16H14N6O3S/c1-10-16(11(2)25-21-10)26(23,24)22-15-8-7-14(19-20-15)18-13-6-4-3-5-12(13)9-17/h3-8H,1-2H3,(H,18,19)(H,20,22). The summed E-state index contributed by atoms with van der Waals surface area (Å²) >= 11 is 0. The van der Waals surface area contributed by atoms with E-state index in [1.165, 1.54) is 19.9 Å². The van der Waals surface area contributed by atoms with Crippen LogP contribution in [-0.2, 0) is 10.0 Å². The maximum Gasteiger partial charge on any atom is 0.268 e. The molecule has 0 saturated carbocycles. The molecule has 3 aromatic rings. The number of aromatic nitrogens is 3. The van der Waals surface area contributed by atoms with Crippen molar-refractivity contribution in [1.29, 1.82) is 5.26 Å². The number of para-hydroxylation sites is 1. The van der Waals surface area contributed by atoms with Gasteiger partial charge in [-0.15, -0.1) is 10.2 Å². The van der Waals surface area contributed by atoms with Gasteiger partial charge >= 0.3 is 0 Å². The van der Waals surface area contributed by atoms with Gasteiger partial charge < -0.3 is 9.84 Å². The molecule has 0 amide bonds. The van der Waals surface area contributed by atoms with E-state index in [1.54, 1.807) is 30.3 Å². The fraction of sp³-hybridized carbons (Fsp3) is 0.125. The third-order valence-electron chi connectivity index (χ3n) is 3.45. The Morgan fingerprint density at radius 1 is 1.08 bits per heavy atom. The Balaban J connectivity index is 1.79. The summed E-state index contributed by atoms with van der Waals surface area (Å²) in [5.74, 6) is 0.603. The van der Waals surface area contributed by atoms with Gasteiger partial charge in [0.2, 0.25) is 0 Å². The molecule has 0 bridgehead atoms. The molecular weight excluding hydrogens is 356 g/mol. The van der Waals surface area contributed by atoms with Gasteiger partial charge in [-0.3, -0.25) is 4.72 Å². The molecule has 0 saturated heterocycles. The van der Waals surface area contributed by atoms with Crippen LogP contribution in [0.2, 0.25) is 0 Å². The molecule has 132 valence electrons. The van der Waals surface area contributed by atoms with E-state index in [1.807, 2.05) is 0 Å². The number of benzene rings is 1. The quantitative estimate of drug-likeness (QED) is 0.699. The molecule has 2 aromatic heterocycles. The number of rotatable bonds is 5. The number of aryl methyl sites for hydroxylation is 2. The lowest BCUT2D eigenvalue weighted by atomic mass is 10.2. The minimum atomic E-state index is -3.89. The van der Waals surface area contributed by atoms with Crippen LogP contribution >= 0.6 is 0 Å². The maximum atomic E-state index is 12.4. The highest BCUT2D eigenvalue weighted by Crippen LogP contribution is 2.22. The summed E-state index contributed by atoms with van der Waals surface area (Å²) in [6.45, 7) is 3.05. The molecule has 0 aliphatic heterocycles. The van der Waals surface area contributed by atoms with E-state index in [0.717, 1.165) is 0 Å². The first-order valence-corrected chi connectivity index (χ1v) is 8.94. The van der Waals surface area contributed by atoms with E-state index in [9.17, 15) is 8.42 Å². The molecular formula is C16H14N6O3S. The van der Waals surface area contributed by atoms with Crippen molar-refractivity contribution < 1.29 is 12.9 Å². The number of sulfonamides is 1. The summed E-state index contributed by atoms with van der Waals surface area (Å²) in [6.07, 6.45) is 0. The lowest BCUT2D eigenvalue weighted by molar-refractivity contribution is 0.390. The molecule has 9 nitrogen and oxygen atoms in total. The van der Waals surface area contributed by atoms with Crippen LogP contribution in [0.4, 0.5) is 17.3 Å². The Hall–Kier alpha value is -3.45. The molecule has 1 aromatic carbocycles. The largest absolute Gasteiger partial charge is 0.360 e. The monoisotopic (exact) mass is 370 g/mol. The summed E-state index contributed by atoms with van der Waals surface area (Å²) in [7, 11) is -3.89. The van der Waals surface area contributed by atoms with Crippen molar-refractivity contribution in [2.45, 2.75) is 18.7 Å². The van der Waals surface area contributed by atoms with Crippen LogP contribution in [0, 0.1) is 25.2 Å². The third-order valence-corrected chi connectivity index (χ3v) is 5.05. The van der Waals surface area contributed by atoms with E-state index < -0.39 is 10.0 Å². The Labute approximate surface area is 149 Å². The average Bonchev–Trinajstić information content (AvgIpc) is 2.96. The molecule has 0 unspecified atom stereocenters. The predicted octanol–water partition coefficient (Wildman–Crippen LogP) is 2.50. The van der Waals surface area contributed by atoms with Crippen molar-refractivity contribution in [3.8, 4) is 6.07 Å². The minimum absolute atomic E-state index is 0.0237. The molecule has 2 N–H and O–H groups in total. The van der Waals surface area contributed by atoms with Crippen LogP contribution in [0.15, 0.2) is 45.8 Å². The first kappa shape index (κ1) is 17.4. The Kier molecular flexibility index (Phi) is 4.55. The normalized spacial score (nSPS) is 11.0. The zero-order chi connectivity index (χ0) is 18.7. The highest BCUT2D eigenvalue weighted by Gasteiger charge is 2.24. The van der Waals surface area contributed by atoms with Crippen molar-refractivity contribution in [2.24, 2.45) is 0 Å². The van der Waals surface area contributed by atoms with Gasteiger partial charge in [-0.2, -0.15) is 5.26 Å². The SMILES string of the molecule is Cc1noc(C)c1S(=O)(=O)Nc1ccc(Nc2ccccc2C#N)nn1. The van der Waals surface area contributed by atoms with Gasteiger partial charge in [-0.05, 0) is 38.1 Å². The second-order valence-corrected chi connectivity index (χ2v) is 6.96. The summed E-state index contributed by atoms with van der Waals surface area (Å²) in [5, 5.41) is 23.5. The third kappa shape index (κ3) is 3.47. The van der Waals surface area contributed by atoms with Gasteiger partial charge in [0.1, 0.15) is 11.8 Å². The molecule has 26 heavy (non-hydrogen) atoms. The summed E-state index contributed by atoms with van der Waals surface area (Å²) < 4.78 is 32.1. The first-order chi connectivity index (χ1) is 12.4. The Morgan fingerprint density at radius 3 is 2.38 bits per heavy atom. The van der Waals surface area contributed by atoms with Gasteiger partial charge in [0.15, 0.2) is 22.3 Å². The molecule has 0 spiro atoms.